The molecule has 7 nitrogen and oxygen atoms in total. The number of furan rings is 1. The molecular formula is C52H57BN2O5. The Labute approximate surface area is 355 Å². The summed E-state index contributed by atoms with van der Waals surface area (Å²) in [5, 5.41) is 1.12. The third kappa shape index (κ3) is 6.15. The zero-order chi connectivity index (χ0) is 42.0. The first-order valence-corrected chi connectivity index (χ1v) is 21.8. The summed E-state index contributed by atoms with van der Waals surface area (Å²) < 4.78 is 32.7. The molecule has 1 aromatic heterocycles. The molecule has 6 aromatic rings. The Morgan fingerprint density at radius 3 is 1.67 bits per heavy atom. The predicted octanol–water partition coefficient (Wildman–Crippen LogP) is 11.3. The summed E-state index contributed by atoms with van der Waals surface area (Å²) in [6.07, 6.45) is 1.66. The number of nitrogens with zero attached hydrogens (tertiary/aromatic N) is 2. The second-order valence-corrected chi connectivity index (χ2v) is 20.4. The van der Waals surface area contributed by atoms with E-state index in [1.165, 1.54) is 39.0 Å². The van der Waals surface area contributed by atoms with E-state index >= 15 is 0 Å². The predicted molar refractivity (Wildman–Crippen MR) is 247 cm³/mol. The SMILES string of the molecule is Cc1cc(C(C)(C)C)cc(C)c1N1c2cc(C(C)(C)C)cc3c2B(c2cc4c(cc2N3c2ccc3c(c2)OCCCO3)OCCCO4)c2oc3ccc(C(C)(C)C)cc3c21. The van der Waals surface area contributed by atoms with Crippen LogP contribution in [-0.2, 0) is 16.2 Å². The Balaban J connectivity index is 1.35. The van der Waals surface area contributed by atoms with E-state index in [0.717, 1.165) is 86.4 Å². The molecule has 4 aliphatic rings. The summed E-state index contributed by atoms with van der Waals surface area (Å²) >= 11 is 0. The molecule has 0 fully saturated rings. The largest absolute Gasteiger partial charge is 0.490 e. The number of hydrogen-bond donors (Lipinski definition) is 0. The van der Waals surface area contributed by atoms with Gasteiger partial charge in [-0.3, -0.25) is 0 Å². The van der Waals surface area contributed by atoms with Crippen molar-refractivity contribution in [2.45, 2.75) is 105 Å². The molecule has 5 aromatic carbocycles. The van der Waals surface area contributed by atoms with Gasteiger partial charge in [0.05, 0.1) is 49.1 Å². The number of ether oxygens (including phenoxy) is 4. The van der Waals surface area contributed by atoms with Gasteiger partial charge < -0.3 is 33.2 Å². The zero-order valence-corrected chi connectivity index (χ0v) is 37.2. The van der Waals surface area contributed by atoms with Crippen molar-refractivity contribution in [2.24, 2.45) is 0 Å². The van der Waals surface area contributed by atoms with Crippen molar-refractivity contribution in [1.29, 1.82) is 0 Å². The average Bonchev–Trinajstić information content (AvgIpc) is 3.29. The summed E-state index contributed by atoms with van der Waals surface area (Å²) in [5.74, 6) is 3.04. The number of rotatable bonds is 2. The van der Waals surface area contributed by atoms with Gasteiger partial charge in [0.1, 0.15) is 5.58 Å². The van der Waals surface area contributed by atoms with Crippen molar-refractivity contribution < 1.29 is 23.4 Å². The molecule has 0 spiro atoms. The number of fused-ring (bicyclic) bond motifs is 8. The highest BCUT2D eigenvalue weighted by Gasteiger charge is 2.48. The summed E-state index contributed by atoms with van der Waals surface area (Å²) in [6.45, 7) is 27.4. The highest BCUT2D eigenvalue weighted by Crippen LogP contribution is 2.52. The van der Waals surface area contributed by atoms with E-state index in [4.69, 9.17) is 23.4 Å². The first-order valence-electron chi connectivity index (χ1n) is 21.8. The van der Waals surface area contributed by atoms with Gasteiger partial charge in [0.25, 0.3) is 6.71 Å². The van der Waals surface area contributed by atoms with Crippen LogP contribution in [0.2, 0.25) is 0 Å². The lowest BCUT2D eigenvalue weighted by molar-refractivity contribution is 0.296. The Hall–Kier alpha value is -5.50. The van der Waals surface area contributed by atoms with Crippen molar-refractivity contribution >= 4 is 68.4 Å². The van der Waals surface area contributed by atoms with E-state index in [1.807, 2.05) is 0 Å². The minimum atomic E-state index is -0.237. The quantitative estimate of drug-likeness (QED) is 0.161. The summed E-state index contributed by atoms with van der Waals surface area (Å²) in [6, 6.07) is 27.2. The molecule has 0 saturated carbocycles. The average molecular weight is 801 g/mol. The first-order chi connectivity index (χ1) is 28.5. The van der Waals surface area contributed by atoms with Crippen LogP contribution in [0.25, 0.3) is 11.0 Å². The van der Waals surface area contributed by atoms with Gasteiger partial charge in [-0.2, -0.15) is 0 Å². The van der Waals surface area contributed by atoms with Gasteiger partial charge in [-0.05, 0) is 111 Å². The number of anilines is 6. The van der Waals surface area contributed by atoms with Gasteiger partial charge in [0.15, 0.2) is 23.0 Å². The Morgan fingerprint density at radius 2 is 1.05 bits per heavy atom. The molecule has 5 heterocycles. The third-order valence-corrected chi connectivity index (χ3v) is 12.8. The normalized spacial score (nSPS) is 15.9. The van der Waals surface area contributed by atoms with Crippen LogP contribution in [-0.4, -0.2) is 33.1 Å². The van der Waals surface area contributed by atoms with E-state index in [-0.39, 0.29) is 23.0 Å². The van der Waals surface area contributed by atoms with Gasteiger partial charge in [-0.15, -0.1) is 0 Å². The standard InChI is InChI=1S/C52H57BN2O5/c1-30-22-33(51(6,7)8)23-31(2)47(30)55-40-26-34(52(9,10)11)25-39-46(40)53(49-48(55)36-24-32(50(3,4)5)14-16-41(36)60-49)37-28-44-45(59-21-13-20-58-44)29-38(37)54(39)35-15-17-42-43(27-35)57-19-12-18-56-42/h14-17,22-29H,12-13,18-21H2,1-11H3. The Morgan fingerprint density at radius 1 is 0.500 bits per heavy atom. The first kappa shape index (κ1) is 38.7. The highest BCUT2D eigenvalue weighted by atomic mass is 16.5. The number of aryl methyl sites for hydroxylation is 2. The Bertz CT molecular complexity index is 2700. The topological polar surface area (TPSA) is 56.5 Å². The van der Waals surface area contributed by atoms with Crippen molar-refractivity contribution in [2.75, 3.05) is 36.2 Å². The fraction of sp³-hybridized carbons (Fsp3) is 0.385. The van der Waals surface area contributed by atoms with Gasteiger partial charge in [-0.1, -0.05) is 80.5 Å². The molecule has 60 heavy (non-hydrogen) atoms. The van der Waals surface area contributed by atoms with Crippen molar-refractivity contribution in [3.05, 3.63) is 101 Å². The lowest BCUT2D eigenvalue weighted by atomic mass is 9.35. The van der Waals surface area contributed by atoms with Crippen molar-refractivity contribution in [1.82, 2.24) is 0 Å². The van der Waals surface area contributed by atoms with E-state index in [2.05, 4.69) is 159 Å². The van der Waals surface area contributed by atoms with Crippen LogP contribution in [0.3, 0.4) is 0 Å². The van der Waals surface area contributed by atoms with Crippen LogP contribution in [0.4, 0.5) is 34.1 Å². The second kappa shape index (κ2) is 13.5. The lowest BCUT2D eigenvalue weighted by Crippen LogP contribution is -2.61. The van der Waals surface area contributed by atoms with Crippen LogP contribution < -0.4 is 45.3 Å². The molecule has 0 saturated heterocycles. The van der Waals surface area contributed by atoms with Crippen LogP contribution in [0.15, 0.2) is 77.2 Å². The number of hydrogen-bond acceptors (Lipinski definition) is 7. The summed E-state index contributed by atoms with van der Waals surface area (Å²) in [4.78, 5) is 4.96. The minimum absolute atomic E-state index is 0.00186. The van der Waals surface area contributed by atoms with Crippen LogP contribution >= 0.6 is 0 Å². The van der Waals surface area contributed by atoms with E-state index in [9.17, 15) is 0 Å². The second-order valence-electron chi connectivity index (χ2n) is 20.4. The molecule has 8 heteroatoms. The maximum atomic E-state index is 7.30. The van der Waals surface area contributed by atoms with Crippen molar-refractivity contribution in [3.8, 4) is 23.0 Å². The van der Waals surface area contributed by atoms with E-state index in [0.29, 0.717) is 26.4 Å². The van der Waals surface area contributed by atoms with Crippen LogP contribution in [0.5, 0.6) is 23.0 Å². The maximum Gasteiger partial charge on any atom is 0.297 e. The van der Waals surface area contributed by atoms with Gasteiger partial charge in [0.2, 0.25) is 0 Å². The van der Waals surface area contributed by atoms with Crippen LogP contribution in [0, 0.1) is 13.8 Å². The van der Waals surface area contributed by atoms with Gasteiger partial charge in [-0.25, -0.2) is 0 Å². The molecule has 0 bridgehead atoms. The Kier molecular flexibility index (Phi) is 8.71. The molecule has 0 amide bonds. The molecule has 0 aliphatic carbocycles. The maximum absolute atomic E-state index is 7.30. The van der Waals surface area contributed by atoms with E-state index < -0.39 is 0 Å². The zero-order valence-electron chi connectivity index (χ0n) is 37.2. The van der Waals surface area contributed by atoms with Crippen molar-refractivity contribution in [3.63, 3.8) is 0 Å². The molecule has 0 radical (unpaired) electrons. The lowest BCUT2D eigenvalue weighted by Gasteiger charge is -2.44. The molecule has 0 atom stereocenters. The minimum Gasteiger partial charge on any atom is -0.490 e. The molecule has 0 unspecified atom stereocenters. The van der Waals surface area contributed by atoms with Gasteiger partial charge in [0, 0.05) is 47.4 Å². The molecule has 0 N–H and O–H groups in total. The fourth-order valence-electron chi connectivity index (χ4n) is 9.58. The highest BCUT2D eigenvalue weighted by molar-refractivity contribution is 7.00. The molecule has 10 rings (SSSR count). The fourth-order valence-corrected chi connectivity index (χ4v) is 9.58. The van der Waals surface area contributed by atoms with Crippen LogP contribution in [0.1, 0.15) is 103 Å². The smallest absolute Gasteiger partial charge is 0.297 e. The summed E-state index contributed by atoms with van der Waals surface area (Å²) in [5.41, 5.74) is 16.7. The molecule has 4 aliphatic heterocycles. The third-order valence-electron chi connectivity index (χ3n) is 12.8. The molecular weight excluding hydrogens is 743 g/mol. The van der Waals surface area contributed by atoms with E-state index in [1.54, 1.807) is 0 Å². The molecule has 308 valence electrons. The number of benzene rings is 5. The summed E-state index contributed by atoms with van der Waals surface area (Å²) in [7, 11) is 0. The monoisotopic (exact) mass is 800 g/mol. The van der Waals surface area contributed by atoms with Gasteiger partial charge >= 0.3 is 0 Å².